The number of allylic oxidation sites excluding steroid dienone is 4. The molecule has 0 bridgehead atoms. The van der Waals surface area contributed by atoms with E-state index in [1.807, 2.05) is 35.2 Å². The average molecular weight is 374 g/mol. The lowest BCUT2D eigenvalue weighted by Crippen LogP contribution is -2.68. The standard InChI is InChI=1S/C24H26N2O2/c1-17-14-26(23(27)28-16-19-7-4-3-5-8-19)24(17)11-12-25(18(24)2)15-21-10-6-9-20-13-22(20)21/h3-10,13,17,20H,2,11-12,14-16H2,1H3/t17-,20-,24+/m0/s1. The predicted molar refractivity (Wildman–Crippen MR) is 109 cm³/mol. The summed E-state index contributed by atoms with van der Waals surface area (Å²) in [5.41, 5.74) is 4.63. The van der Waals surface area contributed by atoms with Crippen molar-refractivity contribution >= 4 is 6.09 Å². The van der Waals surface area contributed by atoms with E-state index in [-0.39, 0.29) is 11.6 Å². The topological polar surface area (TPSA) is 32.8 Å². The van der Waals surface area contributed by atoms with Crippen LogP contribution in [0.4, 0.5) is 4.79 Å². The molecule has 0 saturated carbocycles. The van der Waals surface area contributed by atoms with Crippen molar-refractivity contribution in [2.24, 2.45) is 11.8 Å². The monoisotopic (exact) mass is 374 g/mol. The molecule has 3 atom stereocenters. The molecule has 2 heterocycles. The molecule has 144 valence electrons. The van der Waals surface area contributed by atoms with E-state index in [4.69, 9.17) is 4.74 Å². The van der Waals surface area contributed by atoms with Crippen molar-refractivity contribution in [1.29, 1.82) is 0 Å². The highest BCUT2D eigenvalue weighted by Gasteiger charge is 2.59. The summed E-state index contributed by atoms with van der Waals surface area (Å²) < 4.78 is 5.62. The number of nitrogens with zero attached hydrogens (tertiary/aromatic N) is 2. The SMILES string of the molecule is C=C1N(CC2=CC=C[C@H]3C=C23)CC[C@@]12[C@@H](C)CN2C(=O)OCc1ccccc1. The van der Waals surface area contributed by atoms with Gasteiger partial charge in [-0.2, -0.15) is 0 Å². The smallest absolute Gasteiger partial charge is 0.410 e. The van der Waals surface area contributed by atoms with Gasteiger partial charge < -0.3 is 9.64 Å². The van der Waals surface area contributed by atoms with E-state index in [0.717, 1.165) is 37.3 Å². The van der Waals surface area contributed by atoms with E-state index < -0.39 is 0 Å². The molecule has 1 amide bonds. The zero-order valence-corrected chi connectivity index (χ0v) is 16.3. The first kappa shape index (κ1) is 17.4. The van der Waals surface area contributed by atoms with E-state index in [9.17, 15) is 4.79 Å². The number of likely N-dealkylation sites (tertiary alicyclic amines) is 2. The molecule has 0 aromatic heterocycles. The summed E-state index contributed by atoms with van der Waals surface area (Å²) in [6, 6.07) is 9.84. The van der Waals surface area contributed by atoms with Crippen LogP contribution < -0.4 is 0 Å². The molecular formula is C24H26N2O2. The Balaban J connectivity index is 1.26. The van der Waals surface area contributed by atoms with Crippen LogP contribution in [0.3, 0.4) is 0 Å². The Kier molecular flexibility index (Phi) is 3.97. The van der Waals surface area contributed by atoms with Crippen molar-refractivity contribution in [1.82, 2.24) is 9.80 Å². The largest absolute Gasteiger partial charge is 0.445 e. The molecule has 2 aliphatic heterocycles. The second-order valence-electron chi connectivity index (χ2n) is 8.32. The van der Waals surface area contributed by atoms with Gasteiger partial charge in [-0.05, 0) is 23.1 Å². The van der Waals surface area contributed by atoms with Crippen LogP contribution in [-0.2, 0) is 11.3 Å². The van der Waals surface area contributed by atoms with Gasteiger partial charge in [0.05, 0.1) is 5.54 Å². The van der Waals surface area contributed by atoms with E-state index >= 15 is 0 Å². The lowest BCUT2D eigenvalue weighted by atomic mass is 9.73. The molecule has 2 aliphatic carbocycles. The molecule has 4 heteroatoms. The fourth-order valence-corrected chi connectivity index (χ4v) is 4.99. The molecule has 4 aliphatic rings. The van der Waals surface area contributed by atoms with Crippen molar-refractivity contribution in [3.63, 3.8) is 0 Å². The molecule has 5 rings (SSSR count). The highest BCUT2D eigenvalue weighted by atomic mass is 16.6. The normalized spacial score (nSPS) is 30.0. The summed E-state index contributed by atoms with van der Waals surface area (Å²) in [6.07, 6.45) is 9.61. The Morgan fingerprint density at radius 2 is 2.14 bits per heavy atom. The lowest BCUT2D eigenvalue weighted by Gasteiger charge is -2.55. The molecule has 2 fully saturated rings. The summed E-state index contributed by atoms with van der Waals surface area (Å²) in [7, 11) is 0. The fourth-order valence-electron chi connectivity index (χ4n) is 4.99. The predicted octanol–water partition coefficient (Wildman–Crippen LogP) is 4.29. The summed E-state index contributed by atoms with van der Waals surface area (Å²) in [4.78, 5) is 17.1. The minimum atomic E-state index is -0.282. The quantitative estimate of drug-likeness (QED) is 0.788. The van der Waals surface area contributed by atoms with E-state index in [0.29, 0.717) is 18.4 Å². The number of rotatable bonds is 4. The minimum absolute atomic E-state index is 0.227. The first-order chi connectivity index (χ1) is 13.6. The van der Waals surface area contributed by atoms with Crippen molar-refractivity contribution in [2.45, 2.75) is 25.5 Å². The van der Waals surface area contributed by atoms with Crippen LogP contribution in [0, 0.1) is 11.8 Å². The third kappa shape index (κ3) is 2.62. The van der Waals surface area contributed by atoms with Gasteiger partial charge in [0, 0.05) is 37.2 Å². The first-order valence-corrected chi connectivity index (χ1v) is 10.1. The van der Waals surface area contributed by atoms with Gasteiger partial charge in [-0.1, -0.05) is 68.1 Å². The molecule has 2 saturated heterocycles. The van der Waals surface area contributed by atoms with Crippen LogP contribution in [-0.4, -0.2) is 41.1 Å². The van der Waals surface area contributed by atoms with Crippen molar-refractivity contribution in [2.75, 3.05) is 19.6 Å². The zero-order valence-electron chi connectivity index (χ0n) is 16.3. The minimum Gasteiger partial charge on any atom is -0.445 e. The number of amides is 1. The summed E-state index contributed by atoms with van der Waals surface area (Å²) in [5.74, 6) is 0.958. The van der Waals surface area contributed by atoms with Crippen LogP contribution in [0.5, 0.6) is 0 Å². The molecule has 1 aromatic carbocycles. The van der Waals surface area contributed by atoms with Gasteiger partial charge in [0.1, 0.15) is 6.61 Å². The molecule has 28 heavy (non-hydrogen) atoms. The fraction of sp³-hybridized carbons (Fsp3) is 0.375. The highest BCUT2D eigenvalue weighted by Crippen LogP contribution is 2.50. The Labute approximate surface area is 166 Å². The maximum absolute atomic E-state index is 12.8. The van der Waals surface area contributed by atoms with Crippen molar-refractivity contribution < 1.29 is 9.53 Å². The Hall–Kier alpha value is -2.75. The van der Waals surface area contributed by atoms with Crippen LogP contribution in [0.2, 0.25) is 0 Å². The second-order valence-corrected chi connectivity index (χ2v) is 8.32. The molecular weight excluding hydrogens is 348 g/mol. The maximum Gasteiger partial charge on any atom is 0.410 e. The number of ether oxygens (including phenoxy) is 1. The average Bonchev–Trinajstić information content (AvgIpc) is 3.43. The van der Waals surface area contributed by atoms with Gasteiger partial charge in [0.25, 0.3) is 0 Å². The third-order valence-corrected chi connectivity index (χ3v) is 6.78. The van der Waals surface area contributed by atoms with Crippen LogP contribution in [0.1, 0.15) is 18.9 Å². The maximum atomic E-state index is 12.8. The number of hydrogen-bond donors (Lipinski definition) is 0. The highest BCUT2D eigenvalue weighted by molar-refractivity contribution is 5.71. The summed E-state index contributed by atoms with van der Waals surface area (Å²) in [5, 5.41) is 0. The van der Waals surface area contributed by atoms with E-state index in [2.05, 4.69) is 42.7 Å². The summed E-state index contributed by atoms with van der Waals surface area (Å²) in [6.45, 7) is 9.51. The number of carbonyl (C=O) groups excluding carboxylic acids is 1. The van der Waals surface area contributed by atoms with Crippen molar-refractivity contribution in [3.8, 4) is 0 Å². The van der Waals surface area contributed by atoms with Crippen LogP contribution in [0.15, 0.2) is 78.1 Å². The van der Waals surface area contributed by atoms with Gasteiger partial charge in [0.2, 0.25) is 0 Å². The van der Waals surface area contributed by atoms with Gasteiger partial charge >= 0.3 is 6.09 Å². The van der Waals surface area contributed by atoms with Gasteiger partial charge in [-0.25, -0.2) is 4.79 Å². The lowest BCUT2D eigenvalue weighted by molar-refractivity contribution is -0.0386. The van der Waals surface area contributed by atoms with Gasteiger partial charge in [0.15, 0.2) is 0 Å². The molecule has 4 nitrogen and oxygen atoms in total. The number of carbonyl (C=O) groups is 1. The third-order valence-electron chi connectivity index (χ3n) is 6.78. The molecule has 0 N–H and O–H groups in total. The molecule has 0 radical (unpaired) electrons. The Morgan fingerprint density at radius 3 is 2.93 bits per heavy atom. The van der Waals surface area contributed by atoms with Crippen LogP contribution in [0.25, 0.3) is 0 Å². The molecule has 1 spiro atoms. The van der Waals surface area contributed by atoms with Gasteiger partial charge in [-0.15, -0.1) is 0 Å². The van der Waals surface area contributed by atoms with E-state index in [1.54, 1.807) is 0 Å². The Bertz CT molecular complexity index is 914. The second kappa shape index (κ2) is 6.40. The first-order valence-electron chi connectivity index (χ1n) is 10.1. The van der Waals surface area contributed by atoms with Crippen molar-refractivity contribution in [3.05, 3.63) is 83.6 Å². The number of fused-ring (bicyclic) bond motifs is 1. The molecule has 0 unspecified atom stereocenters. The number of benzene rings is 1. The van der Waals surface area contributed by atoms with E-state index in [1.165, 1.54) is 11.1 Å². The molecule has 1 aromatic rings. The zero-order chi connectivity index (χ0) is 19.3. The van der Waals surface area contributed by atoms with Gasteiger partial charge in [-0.3, -0.25) is 4.90 Å². The summed E-state index contributed by atoms with van der Waals surface area (Å²) >= 11 is 0. The Morgan fingerprint density at radius 1 is 1.32 bits per heavy atom. The van der Waals surface area contributed by atoms with Crippen LogP contribution >= 0.6 is 0 Å². The number of hydrogen-bond acceptors (Lipinski definition) is 3.